The highest BCUT2D eigenvalue weighted by Gasteiger charge is 2.37. The number of nitriles is 1. The Balaban J connectivity index is 0.000000973. The van der Waals surface area contributed by atoms with Crippen molar-refractivity contribution in [3.05, 3.63) is 41.4 Å². The van der Waals surface area contributed by atoms with Crippen molar-refractivity contribution in [1.82, 2.24) is 14.3 Å². The highest BCUT2D eigenvalue weighted by Crippen LogP contribution is 2.24. The second kappa shape index (κ2) is 14.6. The van der Waals surface area contributed by atoms with Gasteiger partial charge in [-0.05, 0) is 53.5 Å². The molecule has 1 unspecified atom stereocenters. The molecule has 0 spiro atoms. The van der Waals surface area contributed by atoms with Crippen molar-refractivity contribution in [2.24, 2.45) is 21.7 Å². The molecule has 1 amide bonds. The number of hydrogen-bond donors (Lipinski definition) is 2. The number of methoxy groups -OCH3 is 1. The van der Waals surface area contributed by atoms with E-state index < -0.39 is 23.8 Å². The third-order valence-corrected chi connectivity index (χ3v) is 6.41. The predicted molar refractivity (Wildman–Crippen MR) is 155 cm³/mol. The van der Waals surface area contributed by atoms with Gasteiger partial charge in [0.05, 0.1) is 29.2 Å². The van der Waals surface area contributed by atoms with E-state index in [9.17, 15) is 28.0 Å². The molecular weight excluding hydrogens is 569 g/mol. The van der Waals surface area contributed by atoms with E-state index in [0.717, 1.165) is 6.41 Å². The maximum Gasteiger partial charge on any atom is 0.454 e. The Morgan fingerprint density at radius 3 is 2.35 bits per heavy atom. The number of alkyl halides is 3. The minimum Gasteiger partial charge on any atom is -0.469 e. The molecule has 1 atom stereocenters. The summed E-state index contributed by atoms with van der Waals surface area (Å²) >= 11 is 0. The lowest BCUT2D eigenvalue weighted by atomic mass is 10.0. The van der Waals surface area contributed by atoms with E-state index in [-0.39, 0.29) is 34.9 Å². The van der Waals surface area contributed by atoms with E-state index in [2.05, 4.69) is 10.1 Å². The first-order chi connectivity index (χ1) is 20.0. The minimum absolute atomic E-state index is 0.0121. The normalized spacial score (nSPS) is 16.3. The Morgan fingerprint density at radius 2 is 1.86 bits per heavy atom. The zero-order valence-electron chi connectivity index (χ0n) is 25.0. The molecule has 1 aliphatic heterocycles. The number of hydrazone groups is 1. The number of halogens is 3. The number of ketones is 1. The Kier molecular flexibility index (Phi) is 11.8. The van der Waals surface area contributed by atoms with Gasteiger partial charge in [0.2, 0.25) is 12.3 Å². The first-order valence-electron chi connectivity index (χ1n) is 13.3. The van der Waals surface area contributed by atoms with Gasteiger partial charge in [-0.2, -0.15) is 23.5 Å². The Labute approximate surface area is 247 Å². The first-order valence-corrected chi connectivity index (χ1v) is 13.3. The number of aliphatic imine (C=N–C) groups is 1. The van der Waals surface area contributed by atoms with E-state index in [1.807, 2.05) is 26.8 Å². The first kappa shape index (κ1) is 34.7. The predicted octanol–water partition coefficient (Wildman–Crippen LogP) is 3.12. The van der Waals surface area contributed by atoms with Crippen molar-refractivity contribution in [2.75, 3.05) is 20.2 Å². The molecule has 43 heavy (non-hydrogen) atoms. The van der Waals surface area contributed by atoms with Gasteiger partial charge in [-0.1, -0.05) is 0 Å². The summed E-state index contributed by atoms with van der Waals surface area (Å²) in [6.45, 7) is 10.3. The van der Waals surface area contributed by atoms with Crippen molar-refractivity contribution in [2.45, 2.75) is 71.4 Å². The van der Waals surface area contributed by atoms with Crippen molar-refractivity contribution >= 4 is 29.3 Å². The summed E-state index contributed by atoms with van der Waals surface area (Å²) in [5, 5.41) is 13.3. The molecule has 1 saturated heterocycles. The fraction of sp³-hybridized carbons (Fsp3) is 0.500. The lowest BCUT2D eigenvalue weighted by Gasteiger charge is -2.27. The monoisotopic (exact) mass is 606 g/mol. The molecule has 15 heteroatoms. The highest BCUT2D eigenvalue weighted by molar-refractivity contribution is 6.47. The topological polar surface area (TPSA) is 174 Å². The van der Waals surface area contributed by atoms with Gasteiger partial charge in [0.1, 0.15) is 29.2 Å². The molecular formula is C28H37F3N8O4. The van der Waals surface area contributed by atoms with Gasteiger partial charge in [-0.3, -0.25) is 19.0 Å². The number of ether oxygens (including phenoxy) is 2. The summed E-state index contributed by atoms with van der Waals surface area (Å²) in [7, 11) is 1.71. The van der Waals surface area contributed by atoms with Crippen LogP contribution in [0.3, 0.4) is 0 Å². The van der Waals surface area contributed by atoms with E-state index in [4.69, 9.17) is 26.0 Å². The van der Waals surface area contributed by atoms with Gasteiger partial charge in [0.15, 0.2) is 0 Å². The second-order valence-electron chi connectivity index (χ2n) is 10.7. The number of hydrogen-bond acceptors (Lipinski definition) is 10. The molecule has 1 fully saturated rings. The van der Waals surface area contributed by atoms with Gasteiger partial charge in [-0.15, -0.1) is 0 Å². The lowest BCUT2D eigenvalue weighted by molar-refractivity contribution is -0.165. The molecule has 2 aromatic heterocycles. The molecule has 4 N–H and O–H groups in total. The Hall–Kier alpha value is -4.45. The van der Waals surface area contributed by atoms with Crippen LogP contribution in [0.2, 0.25) is 0 Å². The number of nitrogens with two attached hydrogens (primary N) is 2. The lowest BCUT2D eigenvalue weighted by Crippen LogP contribution is -2.34. The van der Waals surface area contributed by atoms with Crippen molar-refractivity contribution in [1.29, 1.82) is 5.26 Å². The number of fused-ring (bicyclic) bond motifs is 1. The van der Waals surface area contributed by atoms with E-state index in [0.29, 0.717) is 42.9 Å². The average Bonchev–Trinajstić information content (AvgIpc) is 3.36. The zero-order valence-corrected chi connectivity index (χ0v) is 25.0. The van der Waals surface area contributed by atoms with Crippen LogP contribution in [0, 0.1) is 11.3 Å². The summed E-state index contributed by atoms with van der Waals surface area (Å²) in [4.78, 5) is 32.8. The largest absolute Gasteiger partial charge is 0.469 e. The summed E-state index contributed by atoms with van der Waals surface area (Å²) in [6, 6.07) is 4.99. The Morgan fingerprint density at radius 1 is 1.26 bits per heavy atom. The van der Waals surface area contributed by atoms with Crippen LogP contribution in [-0.2, 0) is 14.3 Å². The third-order valence-electron chi connectivity index (χ3n) is 6.41. The second-order valence-corrected chi connectivity index (χ2v) is 10.7. The van der Waals surface area contributed by atoms with Gasteiger partial charge in [-0.25, -0.2) is 4.98 Å². The molecule has 12 nitrogen and oxygen atoms in total. The molecule has 234 valence electrons. The fourth-order valence-electron chi connectivity index (χ4n) is 3.81. The maximum absolute atomic E-state index is 12.6. The van der Waals surface area contributed by atoms with Gasteiger partial charge in [0.25, 0.3) is 5.78 Å². The van der Waals surface area contributed by atoms with E-state index >= 15 is 0 Å². The number of likely N-dealkylation sites (tertiary alicyclic amines) is 1. The van der Waals surface area contributed by atoms with E-state index in [1.165, 1.54) is 23.6 Å². The number of rotatable bonds is 8. The molecule has 3 rings (SSSR count). The molecule has 3 heterocycles. The molecule has 0 saturated carbocycles. The van der Waals surface area contributed by atoms with Crippen LogP contribution >= 0.6 is 0 Å². The highest BCUT2D eigenvalue weighted by atomic mass is 19.4. The number of aromatic nitrogens is 2. The summed E-state index contributed by atoms with van der Waals surface area (Å²) < 4.78 is 50.0. The molecule has 1 aliphatic rings. The number of amides is 1. The van der Waals surface area contributed by atoms with Crippen LogP contribution in [0.25, 0.3) is 5.65 Å². The smallest absolute Gasteiger partial charge is 0.454 e. The number of allylic oxidation sites excluding steroid dienone is 1. The number of nitrogens with zero attached hydrogens (tertiary/aromatic N) is 6. The van der Waals surface area contributed by atoms with Gasteiger partial charge >= 0.3 is 6.18 Å². The van der Waals surface area contributed by atoms with Crippen molar-refractivity contribution in [3.8, 4) is 11.9 Å². The van der Waals surface area contributed by atoms with Crippen LogP contribution < -0.4 is 16.3 Å². The van der Waals surface area contributed by atoms with Crippen molar-refractivity contribution < 1.29 is 32.2 Å². The van der Waals surface area contributed by atoms with Crippen LogP contribution in [0.1, 0.15) is 58.7 Å². The Bertz CT molecular complexity index is 1430. The minimum atomic E-state index is -5.08. The van der Waals surface area contributed by atoms with Gasteiger partial charge < -0.3 is 25.9 Å². The molecule has 0 aliphatic carbocycles. The standard InChI is InChI=1S/C23H25F3N8O3.C5H12O/c1-13(31-16-3-5-33(12-35)6-4-16)22(32-29)15-7-20-30-11-17(10-27)34(20)21(8-15)37-14(2)18(28)9-19(36)23(24,25)26;1-5(2,3)6-4/h7-9,11-12,14,16H,3-6,28-29H2,1-2H3;1-4H3/b18-9-,31-13?,32-22+;. The summed E-state index contributed by atoms with van der Waals surface area (Å²) in [5.74, 6) is 3.57. The van der Waals surface area contributed by atoms with Crippen LogP contribution in [0.4, 0.5) is 13.2 Å². The summed E-state index contributed by atoms with van der Waals surface area (Å²) in [6.07, 6.45) is -2.55. The average molecular weight is 607 g/mol. The zero-order chi connectivity index (χ0) is 32.5. The number of imidazole rings is 1. The molecule has 2 aromatic rings. The number of carbonyl (C=O) groups is 2. The molecule has 0 bridgehead atoms. The third kappa shape index (κ3) is 9.81. The summed E-state index contributed by atoms with van der Waals surface area (Å²) in [5.41, 5.74) is 6.87. The van der Waals surface area contributed by atoms with Crippen LogP contribution in [-0.4, -0.2) is 82.0 Å². The van der Waals surface area contributed by atoms with Crippen LogP contribution in [0.5, 0.6) is 5.88 Å². The quantitative estimate of drug-likeness (QED) is 0.152. The maximum atomic E-state index is 12.6. The van der Waals surface area contributed by atoms with E-state index in [1.54, 1.807) is 25.0 Å². The number of pyridine rings is 1. The molecule has 0 radical (unpaired) electrons. The number of carbonyl (C=O) groups excluding carboxylic acids is 2. The number of piperidine rings is 1. The van der Waals surface area contributed by atoms with Gasteiger partial charge in [0, 0.05) is 37.9 Å². The fourth-order valence-corrected chi connectivity index (χ4v) is 3.81. The van der Waals surface area contributed by atoms with Crippen molar-refractivity contribution in [3.63, 3.8) is 0 Å². The SMILES string of the molecule is CC(=NC1CCN(C=O)CC1)/C(=N\N)c1cc(OC(C)/C(N)=C/C(=O)C(F)(F)F)n2c(C#N)cnc2c1.COC(C)(C)C. The van der Waals surface area contributed by atoms with Crippen LogP contribution in [0.15, 0.2) is 40.2 Å². The molecule has 0 aromatic carbocycles.